The molecule has 0 radical (unpaired) electrons. The third-order valence-electron chi connectivity index (χ3n) is 4.42. The number of aromatic nitrogens is 1. The molecule has 3 unspecified atom stereocenters. The average molecular weight is 276 g/mol. The summed E-state index contributed by atoms with van der Waals surface area (Å²) in [5.41, 5.74) is 7.52. The van der Waals surface area contributed by atoms with E-state index >= 15 is 0 Å². The molecule has 0 bridgehead atoms. The Hall–Kier alpha value is -0.970. The highest BCUT2D eigenvalue weighted by molar-refractivity contribution is 5.12. The molecule has 1 aromatic rings. The van der Waals surface area contributed by atoms with Crippen molar-refractivity contribution in [2.45, 2.75) is 44.3 Å². The van der Waals surface area contributed by atoms with Crippen LogP contribution in [0.1, 0.15) is 37.9 Å². The minimum atomic E-state index is 0.144. The van der Waals surface area contributed by atoms with Crippen molar-refractivity contribution in [3.63, 3.8) is 0 Å². The average Bonchev–Trinajstić information content (AvgIpc) is 2.48. The topological polar surface area (TPSA) is 45.4 Å². The number of hydrogen-bond acceptors (Lipinski definition) is 4. The molecule has 2 rings (SSSR count). The van der Waals surface area contributed by atoms with Gasteiger partial charge in [-0.3, -0.25) is 9.88 Å². The molecule has 4 nitrogen and oxygen atoms in total. The van der Waals surface area contributed by atoms with E-state index in [-0.39, 0.29) is 12.1 Å². The largest absolute Gasteiger partial charge is 0.326 e. The fourth-order valence-electron chi connectivity index (χ4n) is 3.11. The van der Waals surface area contributed by atoms with Gasteiger partial charge in [0.25, 0.3) is 0 Å². The van der Waals surface area contributed by atoms with E-state index in [0.717, 1.165) is 25.2 Å². The predicted octanol–water partition coefficient (Wildman–Crippen LogP) is 1.89. The zero-order valence-corrected chi connectivity index (χ0v) is 13.0. The molecule has 1 fully saturated rings. The van der Waals surface area contributed by atoms with Gasteiger partial charge in [-0.25, -0.2) is 0 Å². The zero-order chi connectivity index (χ0) is 14.5. The van der Waals surface area contributed by atoms with Crippen molar-refractivity contribution in [3.8, 4) is 0 Å². The molecule has 2 heterocycles. The molecule has 1 aromatic heterocycles. The highest BCUT2D eigenvalue weighted by Gasteiger charge is 2.31. The summed E-state index contributed by atoms with van der Waals surface area (Å²) in [6, 6.07) is 7.15. The van der Waals surface area contributed by atoms with E-state index in [1.807, 2.05) is 12.3 Å². The number of nitrogens with zero attached hydrogens (tertiary/aromatic N) is 3. The number of piperidine rings is 1. The van der Waals surface area contributed by atoms with Crippen molar-refractivity contribution in [2.24, 2.45) is 5.73 Å². The van der Waals surface area contributed by atoms with E-state index in [9.17, 15) is 0 Å². The molecule has 2 N–H and O–H groups in total. The molecule has 1 saturated heterocycles. The molecule has 3 atom stereocenters. The first kappa shape index (κ1) is 15.4. The second kappa shape index (κ2) is 7.16. The number of likely N-dealkylation sites (N-methyl/N-ethyl adjacent to an activating group) is 1. The molecule has 0 amide bonds. The van der Waals surface area contributed by atoms with Gasteiger partial charge in [-0.2, -0.15) is 0 Å². The lowest BCUT2D eigenvalue weighted by Crippen LogP contribution is -2.50. The summed E-state index contributed by atoms with van der Waals surface area (Å²) in [4.78, 5) is 9.42. The highest BCUT2D eigenvalue weighted by Crippen LogP contribution is 2.27. The molecule has 0 aromatic carbocycles. The highest BCUT2D eigenvalue weighted by atomic mass is 15.2. The third kappa shape index (κ3) is 3.57. The van der Waals surface area contributed by atoms with Crippen LogP contribution in [0.25, 0.3) is 0 Å². The molecule has 1 aliphatic rings. The van der Waals surface area contributed by atoms with Gasteiger partial charge in [0.15, 0.2) is 0 Å². The normalized spacial score (nSPS) is 23.8. The number of likely N-dealkylation sites (tertiary alicyclic amines) is 1. The standard InChI is InChI=1S/C16H28N4/c1-4-14(17)16(15-9-5-6-10-18-15)20-11-7-8-13(12-20)19(2)3/h5-6,9-10,13-14,16H,4,7-8,11-12,17H2,1-3H3. The Labute approximate surface area is 123 Å². The van der Waals surface area contributed by atoms with Crippen molar-refractivity contribution < 1.29 is 0 Å². The van der Waals surface area contributed by atoms with Crippen LogP contribution in [0, 0.1) is 0 Å². The Morgan fingerprint density at radius 3 is 2.85 bits per heavy atom. The predicted molar refractivity (Wildman–Crippen MR) is 83.5 cm³/mol. The lowest BCUT2D eigenvalue weighted by atomic mass is 9.96. The van der Waals surface area contributed by atoms with Gasteiger partial charge < -0.3 is 10.6 Å². The van der Waals surface area contributed by atoms with E-state index in [1.165, 1.54) is 12.8 Å². The Morgan fingerprint density at radius 1 is 1.45 bits per heavy atom. The van der Waals surface area contributed by atoms with E-state index in [1.54, 1.807) is 0 Å². The summed E-state index contributed by atoms with van der Waals surface area (Å²) < 4.78 is 0. The van der Waals surface area contributed by atoms with Gasteiger partial charge in [-0.1, -0.05) is 13.0 Å². The van der Waals surface area contributed by atoms with Crippen LogP contribution in [0.5, 0.6) is 0 Å². The maximum Gasteiger partial charge on any atom is 0.0674 e. The van der Waals surface area contributed by atoms with Gasteiger partial charge >= 0.3 is 0 Å². The molecule has 0 saturated carbocycles. The zero-order valence-electron chi connectivity index (χ0n) is 13.0. The van der Waals surface area contributed by atoms with Crippen molar-refractivity contribution >= 4 is 0 Å². The Morgan fingerprint density at radius 2 is 2.25 bits per heavy atom. The molecule has 112 valence electrons. The van der Waals surface area contributed by atoms with Crippen LogP contribution in [0.15, 0.2) is 24.4 Å². The fourth-order valence-corrected chi connectivity index (χ4v) is 3.11. The van der Waals surface area contributed by atoms with Crippen LogP contribution in [0.4, 0.5) is 0 Å². The summed E-state index contributed by atoms with van der Waals surface area (Å²) in [6.45, 7) is 4.37. The summed E-state index contributed by atoms with van der Waals surface area (Å²) in [6.07, 6.45) is 5.37. The van der Waals surface area contributed by atoms with E-state index in [2.05, 4.69) is 47.9 Å². The SMILES string of the molecule is CCC(N)C(c1ccccn1)N1CCCC(N(C)C)C1. The Bertz CT molecular complexity index is 393. The molecular formula is C16H28N4. The Balaban J connectivity index is 2.18. The van der Waals surface area contributed by atoms with Gasteiger partial charge in [0.05, 0.1) is 11.7 Å². The van der Waals surface area contributed by atoms with Crippen LogP contribution >= 0.6 is 0 Å². The van der Waals surface area contributed by atoms with Gasteiger partial charge in [0, 0.05) is 24.8 Å². The first-order valence-corrected chi connectivity index (χ1v) is 7.70. The lowest BCUT2D eigenvalue weighted by molar-refractivity contribution is 0.0814. The third-order valence-corrected chi connectivity index (χ3v) is 4.42. The van der Waals surface area contributed by atoms with Gasteiger partial charge in [-0.05, 0) is 52.0 Å². The van der Waals surface area contributed by atoms with Crippen molar-refractivity contribution in [1.82, 2.24) is 14.8 Å². The summed E-state index contributed by atoms with van der Waals surface area (Å²) in [7, 11) is 4.34. The minimum absolute atomic E-state index is 0.144. The number of nitrogens with two attached hydrogens (primary N) is 1. The molecule has 1 aliphatic heterocycles. The Kier molecular flexibility index (Phi) is 5.52. The maximum atomic E-state index is 6.41. The molecule has 20 heavy (non-hydrogen) atoms. The van der Waals surface area contributed by atoms with Crippen LogP contribution < -0.4 is 5.73 Å². The van der Waals surface area contributed by atoms with E-state index < -0.39 is 0 Å². The summed E-state index contributed by atoms with van der Waals surface area (Å²) in [5.74, 6) is 0. The minimum Gasteiger partial charge on any atom is -0.326 e. The molecule has 0 spiro atoms. The van der Waals surface area contributed by atoms with Crippen molar-refractivity contribution in [3.05, 3.63) is 30.1 Å². The molecule has 0 aliphatic carbocycles. The molecular weight excluding hydrogens is 248 g/mol. The number of pyridine rings is 1. The van der Waals surface area contributed by atoms with Crippen LogP contribution in [0.2, 0.25) is 0 Å². The van der Waals surface area contributed by atoms with Crippen molar-refractivity contribution in [1.29, 1.82) is 0 Å². The monoisotopic (exact) mass is 276 g/mol. The van der Waals surface area contributed by atoms with Crippen molar-refractivity contribution in [2.75, 3.05) is 27.2 Å². The van der Waals surface area contributed by atoms with Gasteiger partial charge in [0.1, 0.15) is 0 Å². The van der Waals surface area contributed by atoms with Crippen LogP contribution in [0.3, 0.4) is 0 Å². The van der Waals surface area contributed by atoms with E-state index in [4.69, 9.17) is 5.73 Å². The van der Waals surface area contributed by atoms with Crippen LogP contribution in [-0.2, 0) is 0 Å². The van der Waals surface area contributed by atoms with Gasteiger partial charge in [-0.15, -0.1) is 0 Å². The second-order valence-corrected chi connectivity index (χ2v) is 6.03. The van der Waals surface area contributed by atoms with E-state index in [0.29, 0.717) is 6.04 Å². The lowest BCUT2D eigenvalue weighted by Gasteiger charge is -2.42. The second-order valence-electron chi connectivity index (χ2n) is 6.03. The fraction of sp³-hybridized carbons (Fsp3) is 0.688. The molecule has 4 heteroatoms. The number of rotatable bonds is 5. The first-order chi connectivity index (χ1) is 9.63. The van der Waals surface area contributed by atoms with Crippen LogP contribution in [-0.4, -0.2) is 54.1 Å². The summed E-state index contributed by atoms with van der Waals surface area (Å²) >= 11 is 0. The quantitative estimate of drug-likeness (QED) is 0.892. The van der Waals surface area contributed by atoms with Gasteiger partial charge in [0.2, 0.25) is 0 Å². The smallest absolute Gasteiger partial charge is 0.0674 e. The number of hydrogen-bond donors (Lipinski definition) is 1. The maximum absolute atomic E-state index is 6.41. The first-order valence-electron chi connectivity index (χ1n) is 7.70. The summed E-state index contributed by atoms with van der Waals surface area (Å²) in [5, 5.41) is 0.